The van der Waals surface area contributed by atoms with Gasteiger partial charge in [-0.25, -0.2) is 0 Å². The number of rotatable bonds is 3. The van der Waals surface area contributed by atoms with Gasteiger partial charge in [0, 0.05) is 10.7 Å². The highest BCUT2D eigenvalue weighted by atomic mass is 35.5. The number of carboxylic acids is 1. The van der Waals surface area contributed by atoms with E-state index in [0.29, 0.717) is 10.7 Å². The topological polar surface area (TPSA) is 66.4 Å². The molecule has 3 rings (SSSR count). The number of anilines is 1. The zero-order chi connectivity index (χ0) is 14.3. The Kier molecular flexibility index (Phi) is 3.42. The van der Waals surface area contributed by atoms with Crippen molar-refractivity contribution in [2.24, 2.45) is 23.7 Å². The highest BCUT2D eigenvalue weighted by Crippen LogP contribution is 2.52. The third-order valence-corrected chi connectivity index (χ3v) is 4.87. The first-order chi connectivity index (χ1) is 9.56. The molecule has 4 nitrogen and oxygen atoms in total. The van der Waals surface area contributed by atoms with Gasteiger partial charge in [-0.1, -0.05) is 11.6 Å². The molecule has 2 bridgehead atoms. The fourth-order valence-corrected chi connectivity index (χ4v) is 3.91. The quantitative estimate of drug-likeness (QED) is 0.900. The van der Waals surface area contributed by atoms with E-state index in [1.54, 1.807) is 24.3 Å². The number of benzene rings is 1. The van der Waals surface area contributed by atoms with Gasteiger partial charge in [-0.15, -0.1) is 0 Å². The van der Waals surface area contributed by atoms with E-state index in [9.17, 15) is 14.7 Å². The molecule has 0 aliphatic heterocycles. The molecule has 2 saturated carbocycles. The maximum atomic E-state index is 12.4. The number of hydrogen-bond donors (Lipinski definition) is 2. The second kappa shape index (κ2) is 5.09. The van der Waals surface area contributed by atoms with Gasteiger partial charge in [0.15, 0.2) is 0 Å². The normalized spacial score (nSPS) is 31.2. The summed E-state index contributed by atoms with van der Waals surface area (Å²) in [5, 5.41) is 12.8. The smallest absolute Gasteiger partial charge is 0.307 e. The van der Waals surface area contributed by atoms with Crippen molar-refractivity contribution in [2.45, 2.75) is 19.3 Å². The van der Waals surface area contributed by atoms with Crippen molar-refractivity contribution in [3.63, 3.8) is 0 Å². The number of carboxylic acid groups (broad SMARTS) is 1. The molecule has 2 aliphatic rings. The Morgan fingerprint density at radius 2 is 1.70 bits per heavy atom. The fraction of sp³-hybridized carbons (Fsp3) is 0.467. The molecule has 1 aromatic carbocycles. The third kappa shape index (κ3) is 2.29. The summed E-state index contributed by atoms with van der Waals surface area (Å²) in [6.45, 7) is 0. The minimum atomic E-state index is -0.839. The molecule has 0 aromatic heterocycles. The third-order valence-electron chi connectivity index (χ3n) is 4.62. The molecular weight excluding hydrogens is 278 g/mol. The van der Waals surface area contributed by atoms with E-state index in [-0.39, 0.29) is 17.7 Å². The molecule has 20 heavy (non-hydrogen) atoms. The lowest BCUT2D eigenvalue weighted by atomic mass is 9.78. The van der Waals surface area contributed by atoms with Gasteiger partial charge in [-0.05, 0) is 55.4 Å². The summed E-state index contributed by atoms with van der Waals surface area (Å²) in [4.78, 5) is 23.8. The number of aliphatic carboxylic acids is 1. The number of hydrogen-bond acceptors (Lipinski definition) is 2. The molecule has 2 N–H and O–H groups in total. The Hall–Kier alpha value is -1.55. The van der Waals surface area contributed by atoms with Crippen molar-refractivity contribution in [1.29, 1.82) is 0 Å². The second-order valence-electron chi connectivity index (χ2n) is 5.72. The van der Waals surface area contributed by atoms with Crippen molar-refractivity contribution >= 4 is 29.2 Å². The van der Waals surface area contributed by atoms with Crippen LogP contribution in [0.1, 0.15) is 19.3 Å². The molecule has 0 radical (unpaired) electrons. The van der Waals surface area contributed by atoms with Crippen LogP contribution < -0.4 is 5.32 Å². The molecule has 0 unspecified atom stereocenters. The standard InChI is InChI=1S/C15H16ClNO3/c16-10-3-5-11(6-4-10)17-14(18)12-8-1-2-9(7-8)13(12)15(19)20/h3-6,8-9,12-13H,1-2,7H2,(H,17,18)(H,19,20)/t8-,9-,12+,13-/m0/s1. The van der Waals surface area contributed by atoms with Crippen LogP contribution in [0.5, 0.6) is 0 Å². The van der Waals surface area contributed by atoms with Crippen LogP contribution in [-0.2, 0) is 9.59 Å². The summed E-state index contributed by atoms with van der Waals surface area (Å²) in [5.74, 6) is -1.56. The van der Waals surface area contributed by atoms with E-state index >= 15 is 0 Å². The average Bonchev–Trinajstić information content (AvgIpc) is 3.01. The summed E-state index contributed by atoms with van der Waals surface area (Å²) in [5.41, 5.74) is 0.659. The molecule has 0 spiro atoms. The fourth-order valence-electron chi connectivity index (χ4n) is 3.78. The highest BCUT2D eigenvalue weighted by Gasteiger charge is 2.53. The van der Waals surface area contributed by atoms with Gasteiger partial charge in [-0.3, -0.25) is 9.59 Å². The lowest BCUT2D eigenvalue weighted by Gasteiger charge is -2.27. The number of amides is 1. The zero-order valence-electron chi connectivity index (χ0n) is 10.9. The van der Waals surface area contributed by atoms with Crippen LogP contribution in [0, 0.1) is 23.7 Å². The van der Waals surface area contributed by atoms with Crippen LogP contribution in [0.4, 0.5) is 5.69 Å². The van der Waals surface area contributed by atoms with Crippen molar-refractivity contribution in [3.8, 4) is 0 Å². The molecule has 1 aromatic rings. The van der Waals surface area contributed by atoms with E-state index in [0.717, 1.165) is 19.3 Å². The van der Waals surface area contributed by atoms with E-state index in [1.807, 2.05) is 0 Å². The molecule has 1 amide bonds. The van der Waals surface area contributed by atoms with Crippen molar-refractivity contribution in [2.75, 3.05) is 5.32 Å². The van der Waals surface area contributed by atoms with Gasteiger partial charge < -0.3 is 10.4 Å². The van der Waals surface area contributed by atoms with Crippen LogP contribution in [-0.4, -0.2) is 17.0 Å². The average molecular weight is 294 g/mol. The van der Waals surface area contributed by atoms with Gasteiger partial charge in [0.05, 0.1) is 11.8 Å². The number of fused-ring (bicyclic) bond motifs is 2. The van der Waals surface area contributed by atoms with Crippen molar-refractivity contribution < 1.29 is 14.7 Å². The van der Waals surface area contributed by atoms with Gasteiger partial charge in [0.2, 0.25) is 5.91 Å². The summed E-state index contributed by atoms with van der Waals surface area (Å²) >= 11 is 5.80. The maximum absolute atomic E-state index is 12.4. The second-order valence-corrected chi connectivity index (χ2v) is 6.16. The van der Waals surface area contributed by atoms with Crippen LogP contribution >= 0.6 is 11.6 Å². The molecule has 2 fully saturated rings. The first-order valence-electron chi connectivity index (χ1n) is 6.85. The Morgan fingerprint density at radius 1 is 1.10 bits per heavy atom. The van der Waals surface area contributed by atoms with Crippen LogP contribution in [0.2, 0.25) is 5.02 Å². The van der Waals surface area contributed by atoms with E-state index < -0.39 is 17.8 Å². The van der Waals surface area contributed by atoms with Crippen molar-refractivity contribution in [3.05, 3.63) is 29.3 Å². The minimum Gasteiger partial charge on any atom is -0.481 e. The number of carbonyl (C=O) groups excluding carboxylic acids is 1. The number of halogens is 1. The lowest BCUT2D eigenvalue weighted by Crippen LogP contribution is -2.37. The van der Waals surface area contributed by atoms with Gasteiger partial charge >= 0.3 is 5.97 Å². The Morgan fingerprint density at radius 3 is 2.30 bits per heavy atom. The number of carbonyl (C=O) groups is 2. The predicted octanol–water partition coefficient (Wildman–Crippen LogP) is 3.03. The summed E-state index contributed by atoms with van der Waals surface area (Å²) < 4.78 is 0. The molecule has 0 saturated heterocycles. The highest BCUT2D eigenvalue weighted by molar-refractivity contribution is 6.30. The van der Waals surface area contributed by atoms with Gasteiger partial charge in [0.1, 0.15) is 0 Å². The van der Waals surface area contributed by atoms with Crippen molar-refractivity contribution in [1.82, 2.24) is 0 Å². The molecule has 4 atom stereocenters. The summed E-state index contributed by atoms with van der Waals surface area (Å²) in [6, 6.07) is 6.85. The molecule has 2 aliphatic carbocycles. The van der Waals surface area contributed by atoms with E-state index in [1.165, 1.54) is 0 Å². The summed E-state index contributed by atoms with van der Waals surface area (Å²) in [7, 11) is 0. The van der Waals surface area contributed by atoms with Gasteiger partial charge in [-0.2, -0.15) is 0 Å². The molecule has 5 heteroatoms. The molecular formula is C15H16ClNO3. The monoisotopic (exact) mass is 293 g/mol. The lowest BCUT2D eigenvalue weighted by molar-refractivity contribution is -0.148. The Balaban J connectivity index is 1.76. The SMILES string of the molecule is O=C(Nc1ccc(Cl)cc1)[C@@H]1[C@H]2CC[C@@H](C2)[C@@H]1C(=O)O. The Bertz CT molecular complexity index is 543. The first kappa shape index (κ1) is 13.4. The van der Waals surface area contributed by atoms with Crippen LogP contribution in [0.25, 0.3) is 0 Å². The van der Waals surface area contributed by atoms with Gasteiger partial charge in [0.25, 0.3) is 0 Å². The number of nitrogens with one attached hydrogen (secondary N) is 1. The maximum Gasteiger partial charge on any atom is 0.307 e. The zero-order valence-corrected chi connectivity index (χ0v) is 11.6. The largest absolute Gasteiger partial charge is 0.481 e. The predicted molar refractivity (Wildman–Crippen MR) is 75.5 cm³/mol. The first-order valence-corrected chi connectivity index (χ1v) is 7.23. The summed E-state index contributed by atoms with van der Waals surface area (Å²) in [6.07, 6.45) is 2.77. The van der Waals surface area contributed by atoms with Crippen LogP contribution in [0.3, 0.4) is 0 Å². The van der Waals surface area contributed by atoms with E-state index in [2.05, 4.69) is 5.32 Å². The van der Waals surface area contributed by atoms with Crippen LogP contribution in [0.15, 0.2) is 24.3 Å². The minimum absolute atomic E-state index is 0.165. The van der Waals surface area contributed by atoms with E-state index in [4.69, 9.17) is 11.6 Å². The Labute approximate surface area is 122 Å². The molecule has 0 heterocycles. The molecule has 106 valence electrons.